The fourth-order valence-corrected chi connectivity index (χ4v) is 3.84. The molecular weight excluding hydrogens is 375 g/mol. The van der Waals surface area contributed by atoms with Crippen molar-refractivity contribution in [1.82, 2.24) is 0 Å². The number of benzene rings is 2. The first kappa shape index (κ1) is 14.1. The van der Waals surface area contributed by atoms with Gasteiger partial charge in [-0.1, -0.05) is 67.2 Å². The molecule has 18 heavy (non-hydrogen) atoms. The number of aryl methyl sites for hydroxylation is 2. The maximum absolute atomic E-state index is 6.07. The summed E-state index contributed by atoms with van der Waals surface area (Å²) in [5.74, 6) is 0. The van der Waals surface area contributed by atoms with Crippen LogP contribution in [0.5, 0.6) is 0 Å². The standard InChI is InChI=1S/C15H13Br2Cl/c1-9-3-5-12(10(2)7-9)15(17)13-8-11(18)4-6-14(13)16/h3-8,15H,1-2H3. The first-order chi connectivity index (χ1) is 8.49. The highest BCUT2D eigenvalue weighted by Gasteiger charge is 2.15. The zero-order chi connectivity index (χ0) is 13.3. The Morgan fingerprint density at radius 1 is 1.00 bits per heavy atom. The first-order valence-electron chi connectivity index (χ1n) is 5.65. The molecule has 0 spiro atoms. The topological polar surface area (TPSA) is 0 Å². The Hall–Kier alpha value is -0.310. The lowest BCUT2D eigenvalue weighted by atomic mass is 9.99. The quantitative estimate of drug-likeness (QED) is 0.537. The smallest absolute Gasteiger partial charge is 0.0658 e. The SMILES string of the molecule is Cc1ccc(C(Br)c2cc(Cl)ccc2Br)c(C)c1. The third-order valence-electron chi connectivity index (χ3n) is 2.93. The van der Waals surface area contributed by atoms with Crippen LogP contribution in [0.25, 0.3) is 0 Å². The summed E-state index contributed by atoms with van der Waals surface area (Å²) in [7, 11) is 0. The lowest BCUT2D eigenvalue weighted by Crippen LogP contribution is -1.97. The maximum Gasteiger partial charge on any atom is 0.0658 e. The summed E-state index contributed by atoms with van der Waals surface area (Å²) in [5, 5.41) is 0.752. The normalized spacial score (nSPS) is 12.5. The molecule has 0 aliphatic rings. The van der Waals surface area contributed by atoms with E-state index in [-0.39, 0.29) is 4.83 Å². The monoisotopic (exact) mass is 386 g/mol. The van der Waals surface area contributed by atoms with Gasteiger partial charge in [0.15, 0.2) is 0 Å². The van der Waals surface area contributed by atoms with Crippen LogP contribution in [0.1, 0.15) is 27.1 Å². The molecule has 0 aromatic heterocycles. The lowest BCUT2D eigenvalue weighted by Gasteiger charge is -2.16. The minimum atomic E-state index is 0.145. The van der Waals surface area contributed by atoms with Gasteiger partial charge in [0.1, 0.15) is 0 Å². The Morgan fingerprint density at radius 3 is 2.39 bits per heavy atom. The van der Waals surface area contributed by atoms with E-state index >= 15 is 0 Å². The van der Waals surface area contributed by atoms with Crippen molar-refractivity contribution in [2.45, 2.75) is 18.7 Å². The Balaban J connectivity index is 2.47. The number of hydrogen-bond donors (Lipinski definition) is 0. The molecule has 0 aliphatic carbocycles. The molecule has 0 saturated carbocycles. The zero-order valence-electron chi connectivity index (χ0n) is 10.2. The molecule has 0 nitrogen and oxygen atoms in total. The van der Waals surface area contributed by atoms with Gasteiger partial charge < -0.3 is 0 Å². The third kappa shape index (κ3) is 2.98. The van der Waals surface area contributed by atoms with Gasteiger partial charge in [0.05, 0.1) is 4.83 Å². The van der Waals surface area contributed by atoms with Gasteiger partial charge in [-0.2, -0.15) is 0 Å². The Bertz CT molecular complexity index is 579. The van der Waals surface area contributed by atoms with Gasteiger partial charge in [-0.15, -0.1) is 0 Å². The first-order valence-corrected chi connectivity index (χ1v) is 7.74. The molecule has 2 rings (SSSR count). The van der Waals surface area contributed by atoms with E-state index in [9.17, 15) is 0 Å². The van der Waals surface area contributed by atoms with Gasteiger partial charge in [-0.3, -0.25) is 0 Å². The Labute approximate surface area is 130 Å². The van der Waals surface area contributed by atoms with Gasteiger partial charge >= 0.3 is 0 Å². The molecule has 3 heteroatoms. The van der Waals surface area contributed by atoms with Gasteiger partial charge in [-0.05, 0) is 48.7 Å². The number of alkyl halides is 1. The molecule has 0 N–H and O–H groups in total. The van der Waals surface area contributed by atoms with E-state index in [0.717, 1.165) is 15.1 Å². The van der Waals surface area contributed by atoms with Crippen LogP contribution >= 0.6 is 43.5 Å². The van der Waals surface area contributed by atoms with E-state index in [1.165, 1.54) is 16.7 Å². The van der Waals surface area contributed by atoms with Gasteiger partial charge in [0.2, 0.25) is 0 Å². The van der Waals surface area contributed by atoms with Crippen LogP contribution in [0.15, 0.2) is 40.9 Å². The fourth-order valence-electron chi connectivity index (χ4n) is 1.99. The largest absolute Gasteiger partial charge is 0.0843 e. The summed E-state index contributed by atoms with van der Waals surface area (Å²) < 4.78 is 1.06. The van der Waals surface area contributed by atoms with Crippen LogP contribution in [-0.4, -0.2) is 0 Å². The molecule has 0 bridgehead atoms. The van der Waals surface area contributed by atoms with Crippen molar-refractivity contribution in [3.8, 4) is 0 Å². The Morgan fingerprint density at radius 2 is 1.72 bits per heavy atom. The average Bonchev–Trinajstić information content (AvgIpc) is 2.31. The molecule has 0 saturated heterocycles. The van der Waals surface area contributed by atoms with Gasteiger partial charge in [0.25, 0.3) is 0 Å². The van der Waals surface area contributed by atoms with Crippen LogP contribution in [0.4, 0.5) is 0 Å². The van der Waals surface area contributed by atoms with Crippen molar-refractivity contribution in [3.63, 3.8) is 0 Å². The zero-order valence-corrected chi connectivity index (χ0v) is 14.1. The van der Waals surface area contributed by atoms with E-state index in [0.29, 0.717) is 0 Å². The second-order valence-corrected chi connectivity index (χ2v) is 6.59. The summed E-state index contributed by atoms with van der Waals surface area (Å²) >= 11 is 13.4. The van der Waals surface area contributed by atoms with Crippen LogP contribution in [0, 0.1) is 13.8 Å². The maximum atomic E-state index is 6.07. The molecule has 1 unspecified atom stereocenters. The molecule has 0 heterocycles. The highest BCUT2D eigenvalue weighted by molar-refractivity contribution is 9.11. The van der Waals surface area contributed by atoms with E-state index < -0.39 is 0 Å². The van der Waals surface area contributed by atoms with Crippen molar-refractivity contribution in [1.29, 1.82) is 0 Å². The molecular formula is C15H13Br2Cl. The molecule has 2 aromatic rings. The number of hydrogen-bond acceptors (Lipinski definition) is 0. The predicted octanol–water partition coefficient (Wildman–Crippen LogP) is 6.20. The summed E-state index contributed by atoms with van der Waals surface area (Å²) in [6.07, 6.45) is 0. The summed E-state index contributed by atoms with van der Waals surface area (Å²) in [5.41, 5.74) is 4.97. The van der Waals surface area contributed by atoms with Crippen molar-refractivity contribution >= 4 is 43.5 Å². The number of halogens is 3. The molecule has 2 aromatic carbocycles. The Kier molecular flexibility index (Phi) is 4.52. The van der Waals surface area contributed by atoms with Crippen LogP contribution in [-0.2, 0) is 0 Å². The molecule has 1 atom stereocenters. The molecule has 0 radical (unpaired) electrons. The van der Waals surface area contributed by atoms with Crippen LogP contribution in [0.2, 0.25) is 5.02 Å². The molecule has 0 fully saturated rings. The molecule has 0 aliphatic heterocycles. The summed E-state index contributed by atoms with van der Waals surface area (Å²) in [4.78, 5) is 0.145. The fraction of sp³-hybridized carbons (Fsp3) is 0.200. The van der Waals surface area contributed by atoms with Crippen LogP contribution < -0.4 is 0 Å². The second-order valence-electron chi connectivity index (χ2n) is 4.39. The van der Waals surface area contributed by atoms with Crippen LogP contribution in [0.3, 0.4) is 0 Å². The molecule has 0 amide bonds. The highest BCUT2D eigenvalue weighted by atomic mass is 79.9. The van der Waals surface area contributed by atoms with Gasteiger partial charge in [-0.25, -0.2) is 0 Å². The van der Waals surface area contributed by atoms with Crippen molar-refractivity contribution in [2.75, 3.05) is 0 Å². The van der Waals surface area contributed by atoms with Gasteiger partial charge in [0, 0.05) is 9.50 Å². The molecule has 94 valence electrons. The van der Waals surface area contributed by atoms with E-state index in [1.54, 1.807) is 0 Å². The lowest BCUT2D eigenvalue weighted by molar-refractivity contribution is 1.13. The minimum absolute atomic E-state index is 0.145. The summed E-state index contributed by atoms with van der Waals surface area (Å²) in [6, 6.07) is 12.4. The van der Waals surface area contributed by atoms with Crippen molar-refractivity contribution in [3.05, 3.63) is 68.1 Å². The van der Waals surface area contributed by atoms with E-state index in [1.807, 2.05) is 18.2 Å². The minimum Gasteiger partial charge on any atom is -0.0843 e. The van der Waals surface area contributed by atoms with E-state index in [4.69, 9.17) is 11.6 Å². The van der Waals surface area contributed by atoms with Crippen molar-refractivity contribution < 1.29 is 0 Å². The third-order valence-corrected chi connectivity index (χ3v) is 4.87. The number of rotatable bonds is 2. The summed E-state index contributed by atoms with van der Waals surface area (Å²) in [6.45, 7) is 4.24. The van der Waals surface area contributed by atoms with E-state index in [2.05, 4.69) is 63.9 Å². The van der Waals surface area contributed by atoms with Crippen molar-refractivity contribution in [2.24, 2.45) is 0 Å². The predicted molar refractivity (Wildman–Crippen MR) is 85.8 cm³/mol. The average molecular weight is 389 g/mol. The second kappa shape index (κ2) is 5.77. The highest BCUT2D eigenvalue weighted by Crippen LogP contribution is 2.38.